The zero-order valence-corrected chi connectivity index (χ0v) is 19.8. The summed E-state index contributed by atoms with van der Waals surface area (Å²) < 4.78 is 7.36. The third-order valence-corrected chi connectivity index (χ3v) is 6.68. The van der Waals surface area contributed by atoms with Crippen LogP contribution in [0.5, 0.6) is 5.75 Å². The number of rotatable bonds is 7. The Labute approximate surface area is 202 Å². The minimum Gasteiger partial charge on any atom is -0.489 e. The maximum Gasteiger partial charge on any atom is 0.176 e. The first-order valence-electron chi connectivity index (χ1n) is 11.0. The van der Waals surface area contributed by atoms with E-state index in [9.17, 15) is 0 Å². The third-order valence-electron chi connectivity index (χ3n) is 5.72. The van der Waals surface area contributed by atoms with Gasteiger partial charge in [-0.3, -0.25) is 4.98 Å². The van der Waals surface area contributed by atoms with Crippen LogP contribution in [0.3, 0.4) is 0 Å². The first-order valence-corrected chi connectivity index (χ1v) is 11.9. The molecule has 0 saturated carbocycles. The quantitative estimate of drug-likeness (QED) is 0.311. The number of ether oxygens (including phenoxy) is 1. The van der Waals surface area contributed by atoms with Crippen molar-refractivity contribution in [2.24, 2.45) is 0 Å². The van der Waals surface area contributed by atoms with Crippen molar-refractivity contribution in [2.75, 3.05) is 0 Å². The van der Waals surface area contributed by atoms with Crippen LogP contribution in [0, 0.1) is 18.8 Å². The molecule has 0 aliphatic heterocycles. The maximum absolute atomic E-state index is 6.10. The zero-order chi connectivity index (χ0) is 23.3. The van der Waals surface area contributed by atoms with E-state index in [1.54, 1.807) is 11.3 Å². The molecule has 0 aliphatic rings. The fourth-order valence-corrected chi connectivity index (χ4v) is 4.93. The Morgan fingerprint density at radius 1 is 1.09 bits per heavy atom. The van der Waals surface area contributed by atoms with Crippen molar-refractivity contribution in [3.05, 3.63) is 88.8 Å². The van der Waals surface area contributed by atoms with Gasteiger partial charge >= 0.3 is 0 Å². The highest BCUT2D eigenvalue weighted by molar-refractivity contribution is 7.17. The number of H-pyrrole nitrogens is 1. The van der Waals surface area contributed by atoms with Gasteiger partial charge in [-0.15, -0.1) is 27.5 Å². The van der Waals surface area contributed by atoms with Gasteiger partial charge in [0.05, 0.1) is 5.92 Å². The maximum atomic E-state index is 6.10. The topological polar surface area (TPSA) is 76.6 Å². The third kappa shape index (κ3) is 4.68. The predicted molar refractivity (Wildman–Crippen MR) is 135 cm³/mol. The van der Waals surface area contributed by atoms with Crippen molar-refractivity contribution >= 4 is 21.4 Å². The van der Waals surface area contributed by atoms with Gasteiger partial charge in [-0.2, -0.15) is 5.21 Å². The summed E-state index contributed by atoms with van der Waals surface area (Å²) in [6.45, 7) is 4.39. The minimum absolute atomic E-state index is 0.00648. The summed E-state index contributed by atoms with van der Waals surface area (Å²) in [5, 5.41) is 17.7. The van der Waals surface area contributed by atoms with E-state index in [0.29, 0.717) is 18.9 Å². The number of aryl methyl sites for hydroxylation is 1. The summed E-state index contributed by atoms with van der Waals surface area (Å²) in [6.07, 6.45) is 2.44. The molecule has 0 spiro atoms. The number of pyridine rings is 1. The first-order chi connectivity index (χ1) is 16.7. The molecule has 1 atom stereocenters. The molecule has 2 aromatic carbocycles. The molecule has 7 heteroatoms. The SMILES string of the molecule is CC#C[C@@H](Cc1nn[nH]n1)c1ccc(OCc2ccc3scc(-c4cccnc4C)c3c2)cc1. The molecule has 168 valence electrons. The molecule has 5 rings (SSSR count). The van der Waals surface area contributed by atoms with Gasteiger partial charge in [-0.25, -0.2) is 0 Å². The van der Waals surface area contributed by atoms with Crippen LogP contribution in [0.4, 0.5) is 0 Å². The van der Waals surface area contributed by atoms with E-state index in [1.165, 1.54) is 21.2 Å². The molecule has 0 unspecified atom stereocenters. The second kappa shape index (κ2) is 9.86. The van der Waals surface area contributed by atoms with Crippen LogP contribution in [0.1, 0.15) is 35.5 Å². The number of aromatic amines is 1. The molecule has 6 nitrogen and oxygen atoms in total. The molecular formula is C27H23N5OS. The number of hydrogen-bond donors (Lipinski definition) is 1. The van der Waals surface area contributed by atoms with E-state index >= 15 is 0 Å². The molecule has 1 N–H and O–H groups in total. The molecule has 3 aromatic heterocycles. The molecule has 0 radical (unpaired) electrons. The van der Waals surface area contributed by atoms with Crippen molar-refractivity contribution in [3.8, 4) is 28.7 Å². The first kappa shape index (κ1) is 21.8. The Bertz CT molecular complexity index is 1460. The van der Waals surface area contributed by atoms with Crippen LogP contribution in [-0.4, -0.2) is 25.6 Å². The Morgan fingerprint density at radius 2 is 1.97 bits per heavy atom. The van der Waals surface area contributed by atoms with Gasteiger partial charge in [-0.05, 0) is 60.7 Å². The van der Waals surface area contributed by atoms with Gasteiger partial charge in [0.2, 0.25) is 0 Å². The Hall–Kier alpha value is -4.02. The van der Waals surface area contributed by atoms with Crippen LogP contribution in [-0.2, 0) is 13.0 Å². The van der Waals surface area contributed by atoms with Crippen LogP contribution in [0.2, 0.25) is 0 Å². The van der Waals surface area contributed by atoms with Crippen molar-refractivity contribution in [1.29, 1.82) is 0 Å². The van der Waals surface area contributed by atoms with E-state index < -0.39 is 0 Å². The number of thiophene rings is 1. The van der Waals surface area contributed by atoms with Crippen LogP contribution >= 0.6 is 11.3 Å². The summed E-state index contributed by atoms with van der Waals surface area (Å²) in [5.41, 5.74) is 5.66. The van der Waals surface area contributed by atoms with Gasteiger partial charge in [0.1, 0.15) is 12.4 Å². The molecule has 0 fully saturated rings. The van der Waals surface area contributed by atoms with E-state index in [-0.39, 0.29) is 5.92 Å². The van der Waals surface area contributed by atoms with E-state index in [1.807, 2.05) is 38.2 Å². The molecular weight excluding hydrogens is 442 g/mol. The highest BCUT2D eigenvalue weighted by Crippen LogP contribution is 2.35. The lowest BCUT2D eigenvalue weighted by Gasteiger charge is -2.11. The largest absolute Gasteiger partial charge is 0.489 e. The Morgan fingerprint density at radius 3 is 2.74 bits per heavy atom. The highest BCUT2D eigenvalue weighted by Gasteiger charge is 2.13. The van der Waals surface area contributed by atoms with Crippen molar-refractivity contribution in [1.82, 2.24) is 25.6 Å². The highest BCUT2D eigenvalue weighted by atomic mass is 32.1. The summed E-state index contributed by atoms with van der Waals surface area (Å²) in [6, 6.07) is 18.7. The fourth-order valence-electron chi connectivity index (χ4n) is 3.98. The number of nitrogens with one attached hydrogen (secondary N) is 1. The summed E-state index contributed by atoms with van der Waals surface area (Å²) in [5.74, 6) is 7.71. The Balaban J connectivity index is 1.31. The standard InChI is InChI=1S/C27H23N5OS/c1-3-5-21(15-27-29-31-32-30-27)20-8-10-22(11-9-20)33-16-19-7-12-26-24(14-19)25(17-34-26)23-6-4-13-28-18(23)2/h4,6-14,17,21H,15-16H2,1-2H3,(H,29,30,31,32)/t21-/m0/s1. The lowest BCUT2D eigenvalue weighted by atomic mass is 9.96. The summed E-state index contributed by atoms with van der Waals surface area (Å²) in [4.78, 5) is 4.45. The lowest BCUT2D eigenvalue weighted by Crippen LogP contribution is -2.03. The van der Waals surface area contributed by atoms with Crippen molar-refractivity contribution in [2.45, 2.75) is 32.8 Å². The number of hydrogen-bond acceptors (Lipinski definition) is 6. The lowest BCUT2D eigenvalue weighted by molar-refractivity contribution is 0.306. The van der Waals surface area contributed by atoms with Gasteiger partial charge in [0, 0.05) is 39.5 Å². The van der Waals surface area contributed by atoms with E-state index in [4.69, 9.17) is 4.74 Å². The number of aromatic nitrogens is 5. The minimum atomic E-state index is 0.00648. The smallest absolute Gasteiger partial charge is 0.176 e. The number of tetrazole rings is 1. The molecule has 0 bridgehead atoms. The van der Waals surface area contributed by atoms with Crippen molar-refractivity contribution < 1.29 is 4.74 Å². The zero-order valence-electron chi connectivity index (χ0n) is 18.9. The second-order valence-corrected chi connectivity index (χ2v) is 8.86. The second-order valence-electron chi connectivity index (χ2n) is 7.95. The van der Waals surface area contributed by atoms with Crippen molar-refractivity contribution in [3.63, 3.8) is 0 Å². The van der Waals surface area contributed by atoms with Gasteiger partial charge in [-0.1, -0.05) is 35.4 Å². The van der Waals surface area contributed by atoms with Crippen LogP contribution in [0.15, 0.2) is 66.2 Å². The molecule has 0 aliphatic carbocycles. The van der Waals surface area contributed by atoms with E-state index in [2.05, 4.69) is 79.2 Å². The average molecular weight is 466 g/mol. The predicted octanol–water partition coefficient (Wildman–Crippen LogP) is 5.71. The van der Waals surface area contributed by atoms with Crippen LogP contribution in [0.25, 0.3) is 21.2 Å². The molecule has 0 amide bonds. The number of nitrogens with zero attached hydrogens (tertiary/aromatic N) is 4. The molecule has 5 aromatic rings. The van der Waals surface area contributed by atoms with Gasteiger partial charge < -0.3 is 4.74 Å². The molecule has 0 saturated heterocycles. The normalized spacial score (nSPS) is 11.7. The molecule has 3 heterocycles. The van der Waals surface area contributed by atoms with Gasteiger partial charge in [0.15, 0.2) is 5.82 Å². The Kier molecular flexibility index (Phi) is 6.32. The average Bonchev–Trinajstić information content (AvgIpc) is 3.53. The van der Waals surface area contributed by atoms with E-state index in [0.717, 1.165) is 22.6 Å². The monoisotopic (exact) mass is 465 g/mol. The van der Waals surface area contributed by atoms with Crippen LogP contribution < -0.4 is 4.74 Å². The molecule has 34 heavy (non-hydrogen) atoms. The summed E-state index contributed by atoms with van der Waals surface area (Å²) in [7, 11) is 0. The van der Waals surface area contributed by atoms with Gasteiger partial charge in [0.25, 0.3) is 0 Å². The summed E-state index contributed by atoms with van der Waals surface area (Å²) >= 11 is 1.76. The number of fused-ring (bicyclic) bond motifs is 1. The number of benzene rings is 2. The fraction of sp³-hybridized carbons (Fsp3) is 0.185.